The third-order valence-electron chi connectivity index (χ3n) is 2.35. The predicted octanol–water partition coefficient (Wildman–Crippen LogP) is 0.326. The van der Waals surface area contributed by atoms with E-state index in [2.05, 4.69) is 0 Å². The maximum Gasteiger partial charge on any atom is 0.394 e. The summed E-state index contributed by atoms with van der Waals surface area (Å²) in [4.78, 5) is 10.3. The number of aliphatic carboxylic acids is 1. The van der Waals surface area contributed by atoms with E-state index in [9.17, 15) is 4.79 Å². The first-order chi connectivity index (χ1) is 7.18. The standard InChI is InChI=1S/C8H15NO2.H2O4S/c9-7-3-1-6(2-4-7)5-8(10)11;1-5(2,3)4/h6-7H,1-5,9H2,(H,10,11);(H2,1,2,3,4)/t6-,7-;. The molecule has 16 heavy (non-hydrogen) atoms. The number of hydrogen-bond donors (Lipinski definition) is 4. The summed E-state index contributed by atoms with van der Waals surface area (Å²) >= 11 is 0. The van der Waals surface area contributed by atoms with Crippen LogP contribution >= 0.6 is 0 Å². The van der Waals surface area contributed by atoms with Gasteiger partial charge in [0, 0.05) is 12.5 Å². The van der Waals surface area contributed by atoms with Gasteiger partial charge in [0.25, 0.3) is 0 Å². The van der Waals surface area contributed by atoms with E-state index in [-0.39, 0.29) is 0 Å². The zero-order chi connectivity index (χ0) is 12.8. The fourth-order valence-electron chi connectivity index (χ4n) is 1.64. The summed E-state index contributed by atoms with van der Waals surface area (Å²) in [5.74, 6) is -0.294. The van der Waals surface area contributed by atoms with E-state index in [4.69, 9.17) is 28.4 Å². The lowest BCUT2D eigenvalue weighted by molar-refractivity contribution is -0.138. The van der Waals surface area contributed by atoms with Crippen molar-refractivity contribution in [3.8, 4) is 0 Å². The molecule has 0 spiro atoms. The SMILES string of the molecule is N[C@H]1CC[C@H](CC(=O)O)CC1.O=S(=O)(O)O. The van der Waals surface area contributed by atoms with Crippen LogP contribution in [0.3, 0.4) is 0 Å². The molecule has 0 aromatic carbocycles. The predicted molar refractivity (Wildman–Crippen MR) is 56.4 cm³/mol. The van der Waals surface area contributed by atoms with Gasteiger partial charge in [-0.05, 0) is 31.6 Å². The van der Waals surface area contributed by atoms with Crippen LogP contribution in [0.5, 0.6) is 0 Å². The maximum atomic E-state index is 10.3. The topological polar surface area (TPSA) is 138 Å². The average Bonchev–Trinajstić information content (AvgIpc) is 2.05. The van der Waals surface area contributed by atoms with Crippen LogP contribution in [0.1, 0.15) is 32.1 Å². The minimum absolute atomic E-state index is 0.319. The summed E-state index contributed by atoms with van der Waals surface area (Å²) in [7, 11) is -4.67. The second-order valence-electron chi connectivity index (χ2n) is 3.83. The number of carboxylic acid groups (broad SMARTS) is 1. The highest BCUT2D eigenvalue weighted by molar-refractivity contribution is 7.79. The first-order valence-corrected chi connectivity index (χ1v) is 6.25. The lowest BCUT2D eigenvalue weighted by Crippen LogP contribution is -2.27. The Labute approximate surface area is 94.2 Å². The molecule has 5 N–H and O–H groups in total. The minimum Gasteiger partial charge on any atom is -0.481 e. The van der Waals surface area contributed by atoms with E-state index < -0.39 is 16.4 Å². The maximum absolute atomic E-state index is 10.3. The molecule has 1 rings (SSSR count). The molecule has 0 heterocycles. The number of rotatable bonds is 2. The van der Waals surface area contributed by atoms with Crippen molar-refractivity contribution in [1.29, 1.82) is 0 Å². The third-order valence-corrected chi connectivity index (χ3v) is 2.35. The Hall–Kier alpha value is -0.700. The first kappa shape index (κ1) is 15.3. The molecule has 0 aromatic heterocycles. The summed E-state index contributed by atoms with van der Waals surface area (Å²) in [6.45, 7) is 0. The number of nitrogens with two attached hydrogens (primary N) is 1. The Bertz CT molecular complexity index is 298. The molecule has 0 aromatic rings. The molecule has 0 saturated heterocycles. The van der Waals surface area contributed by atoms with Crippen LogP contribution in [-0.4, -0.2) is 34.6 Å². The summed E-state index contributed by atoms with van der Waals surface area (Å²) in [6, 6.07) is 0.319. The summed E-state index contributed by atoms with van der Waals surface area (Å²) < 4.78 is 31.6. The Balaban J connectivity index is 0.000000385. The number of carbonyl (C=O) groups is 1. The molecule has 0 aliphatic heterocycles. The van der Waals surface area contributed by atoms with Gasteiger partial charge in [-0.25, -0.2) is 0 Å². The van der Waals surface area contributed by atoms with Crippen molar-refractivity contribution >= 4 is 16.4 Å². The van der Waals surface area contributed by atoms with Crippen molar-refractivity contribution in [3.63, 3.8) is 0 Å². The second-order valence-corrected chi connectivity index (χ2v) is 4.72. The van der Waals surface area contributed by atoms with E-state index in [1.807, 2.05) is 0 Å². The van der Waals surface area contributed by atoms with Crippen molar-refractivity contribution in [3.05, 3.63) is 0 Å². The molecular formula is C8H17NO6S. The molecule has 0 amide bonds. The Kier molecular flexibility index (Phi) is 6.49. The van der Waals surface area contributed by atoms with Crippen LogP contribution in [0.2, 0.25) is 0 Å². The molecule has 1 aliphatic carbocycles. The molecule has 8 heteroatoms. The zero-order valence-electron chi connectivity index (χ0n) is 8.74. The Morgan fingerprint density at radius 3 is 1.88 bits per heavy atom. The molecule has 7 nitrogen and oxygen atoms in total. The van der Waals surface area contributed by atoms with E-state index in [0.29, 0.717) is 18.4 Å². The summed E-state index contributed by atoms with van der Waals surface area (Å²) in [5, 5.41) is 8.50. The molecule has 1 saturated carbocycles. The highest BCUT2D eigenvalue weighted by Crippen LogP contribution is 2.25. The Morgan fingerprint density at radius 1 is 1.19 bits per heavy atom. The third kappa shape index (κ3) is 11.4. The minimum atomic E-state index is -4.67. The second kappa shape index (κ2) is 6.79. The van der Waals surface area contributed by atoms with Crippen LogP contribution in [-0.2, 0) is 15.2 Å². The van der Waals surface area contributed by atoms with Crippen molar-refractivity contribution in [1.82, 2.24) is 0 Å². The largest absolute Gasteiger partial charge is 0.481 e. The van der Waals surface area contributed by atoms with Gasteiger partial charge in [-0.3, -0.25) is 13.9 Å². The van der Waals surface area contributed by atoms with Gasteiger partial charge in [-0.1, -0.05) is 0 Å². The number of carboxylic acids is 1. The molecule has 1 fully saturated rings. The van der Waals surface area contributed by atoms with Gasteiger partial charge in [0.15, 0.2) is 0 Å². The van der Waals surface area contributed by atoms with Crippen LogP contribution in [0, 0.1) is 5.92 Å². The van der Waals surface area contributed by atoms with Gasteiger partial charge < -0.3 is 10.8 Å². The normalized spacial score (nSPS) is 25.4. The van der Waals surface area contributed by atoms with Gasteiger partial charge in [-0.15, -0.1) is 0 Å². The van der Waals surface area contributed by atoms with E-state index >= 15 is 0 Å². The molecule has 0 radical (unpaired) electrons. The highest BCUT2D eigenvalue weighted by Gasteiger charge is 2.20. The van der Waals surface area contributed by atoms with Crippen molar-refractivity contribution < 1.29 is 27.4 Å². The summed E-state index contributed by atoms with van der Waals surface area (Å²) in [5.41, 5.74) is 5.68. The summed E-state index contributed by atoms with van der Waals surface area (Å²) in [6.07, 6.45) is 4.31. The highest BCUT2D eigenvalue weighted by atomic mass is 32.3. The van der Waals surface area contributed by atoms with Crippen molar-refractivity contribution in [2.45, 2.75) is 38.1 Å². The lowest BCUT2D eigenvalue weighted by Gasteiger charge is -2.24. The van der Waals surface area contributed by atoms with Gasteiger partial charge in [0.1, 0.15) is 0 Å². The van der Waals surface area contributed by atoms with Crippen molar-refractivity contribution in [2.24, 2.45) is 11.7 Å². The van der Waals surface area contributed by atoms with Crippen LogP contribution in [0.25, 0.3) is 0 Å². The molecule has 0 bridgehead atoms. The van der Waals surface area contributed by atoms with Gasteiger partial charge in [0.05, 0.1) is 0 Å². The van der Waals surface area contributed by atoms with Crippen LogP contribution in [0.15, 0.2) is 0 Å². The zero-order valence-corrected chi connectivity index (χ0v) is 9.56. The average molecular weight is 255 g/mol. The quantitative estimate of drug-likeness (QED) is 0.521. The van der Waals surface area contributed by atoms with Crippen LogP contribution < -0.4 is 5.73 Å². The Morgan fingerprint density at radius 2 is 1.56 bits per heavy atom. The van der Waals surface area contributed by atoms with Gasteiger partial charge in [-0.2, -0.15) is 8.42 Å². The molecule has 0 unspecified atom stereocenters. The fourth-order valence-corrected chi connectivity index (χ4v) is 1.64. The molecule has 1 aliphatic rings. The van der Waals surface area contributed by atoms with Crippen LogP contribution in [0.4, 0.5) is 0 Å². The lowest BCUT2D eigenvalue weighted by atomic mass is 9.84. The first-order valence-electron chi connectivity index (χ1n) is 4.85. The smallest absolute Gasteiger partial charge is 0.394 e. The monoisotopic (exact) mass is 255 g/mol. The molecule has 96 valence electrons. The van der Waals surface area contributed by atoms with Gasteiger partial charge in [0.2, 0.25) is 0 Å². The molecular weight excluding hydrogens is 238 g/mol. The van der Waals surface area contributed by atoms with E-state index in [1.54, 1.807) is 0 Å². The fraction of sp³-hybridized carbons (Fsp3) is 0.875. The van der Waals surface area contributed by atoms with Gasteiger partial charge >= 0.3 is 16.4 Å². The number of hydrogen-bond acceptors (Lipinski definition) is 4. The van der Waals surface area contributed by atoms with E-state index in [1.165, 1.54) is 0 Å². The van der Waals surface area contributed by atoms with E-state index in [0.717, 1.165) is 25.7 Å². The van der Waals surface area contributed by atoms with Crippen molar-refractivity contribution in [2.75, 3.05) is 0 Å². The molecule has 0 atom stereocenters.